The van der Waals surface area contributed by atoms with Crippen molar-refractivity contribution in [3.63, 3.8) is 0 Å². The molecule has 3 aliphatic heterocycles. The molecule has 3 saturated heterocycles. The summed E-state index contributed by atoms with van der Waals surface area (Å²) in [6, 6.07) is -0.520. The lowest BCUT2D eigenvalue weighted by molar-refractivity contribution is -0.150. The van der Waals surface area contributed by atoms with Crippen LogP contribution in [-0.4, -0.2) is 91.4 Å². The van der Waals surface area contributed by atoms with Crippen molar-refractivity contribution in [2.45, 2.75) is 108 Å². The van der Waals surface area contributed by atoms with Gasteiger partial charge >= 0.3 is 6.18 Å². The Morgan fingerprint density at radius 2 is 1.71 bits per heavy atom. The maximum absolute atomic E-state index is 13.3. The molecule has 0 aromatic rings. The van der Waals surface area contributed by atoms with Crippen molar-refractivity contribution in [1.29, 1.82) is 0 Å². The lowest BCUT2D eigenvalue weighted by Crippen LogP contribution is -2.66. The zero-order valence-corrected chi connectivity index (χ0v) is 23.7. The Kier molecular flexibility index (Phi) is 9.32. The third-order valence-corrected chi connectivity index (χ3v) is 11.0. The quantitative estimate of drug-likeness (QED) is 0.394. The van der Waals surface area contributed by atoms with Crippen molar-refractivity contribution in [3.05, 3.63) is 0 Å². The fourth-order valence-electron chi connectivity index (χ4n) is 9.07. The van der Waals surface area contributed by atoms with E-state index in [0.717, 1.165) is 51.2 Å². The monoisotopic (exact) mass is 543 g/mol. The number of rotatable bonds is 7. The minimum Gasteiger partial charge on any atom is -0.395 e. The molecule has 5 aliphatic rings. The van der Waals surface area contributed by atoms with Crippen molar-refractivity contribution in [2.75, 3.05) is 39.8 Å². The number of nitrogens with zero attached hydrogens (tertiary/aromatic N) is 2. The zero-order chi connectivity index (χ0) is 27.0. The number of nitrogens with one attached hydrogen (secondary N) is 3. The zero-order valence-electron chi connectivity index (χ0n) is 23.7. The lowest BCUT2D eigenvalue weighted by Gasteiger charge is -2.46. The van der Waals surface area contributed by atoms with Crippen LogP contribution in [0, 0.1) is 35.5 Å². The van der Waals surface area contributed by atoms with Crippen LogP contribution in [-0.2, 0) is 0 Å². The SMILES string of the molecule is CC(C)C1CCCCC1C1NCC2C(N1)C(CC1CCC(C3NC(C(F)(F)F)CN3C)CC1)CN2CCO. The molecule has 5 rings (SSSR count). The molecule has 2 saturated carbocycles. The van der Waals surface area contributed by atoms with E-state index in [2.05, 4.69) is 34.7 Å². The van der Waals surface area contributed by atoms with Crippen molar-refractivity contribution in [1.82, 2.24) is 25.8 Å². The summed E-state index contributed by atoms with van der Waals surface area (Å²) in [5, 5.41) is 20.6. The molecule has 0 spiro atoms. The molecular formula is C29H52F3N5O. The van der Waals surface area contributed by atoms with Gasteiger partial charge in [0.2, 0.25) is 0 Å². The van der Waals surface area contributed by atoms with Crippen LogP contribution in [0.4, 0.5) is 13.2 Å². The summed E-state index contributed by atoms with van der Waals surface area (Å²) in [7, 11) is 1.83. The summed E-state index contributed by atoms with van der Waals surface area (Å²) >= 11 is 0. The molecule has 3 heterocycles. The van der Waals surface area contributed by atoms with Crippen molar-refractivity contribution >= 4 is 0 Å². The number of fused-ring (bicyclic) bond motifs is 1. The molecule has 8 atom stereocenters. The number of hydrogen-bond donors (Lipinski definition) is 4. The van der Waals surface area contributed by atoms with Crippen LogP contribution in [0.15, 0.2) is 0 Å². The van der Waals surface area contributed by atoms with E-state index in [-0.39, 0.29) is 19.3 Å². The first-order valence-electron chi connectivity index (χ1n) is 15.5. The summed E-state index contributed by atoms with van der Waals surface area (Å²) in [5.41, 5.74) is 0. The number of halogens is 3. The van der Waals surface area contributed by atoms with E-state index in [1.807, 2.05) is 11.9 Å². The van der Waals surface area contributed by atoms with Crippen LogP contribution in [0.5, 0.6) is 0 Å². The number of β-amino-alcohol motifs (C(OH)–C–C–N with tert-alkyl or cyclic N) is 1. The molecule has 9 heteroatoms. The Labute approximate surface area is 227 Å². The minimum absolute atomic E-state index is 0.0550. The van der Waals surface area contributed by atoms with Crippen molar-refractivity contribution < 1.29 is 18.3 Å². The molecule has 4 N–H and O–H groups in total. The van der Waals surface area contributed by atoms with Crippen LogP contribution in [0.25, 0.3) is 0 Å². The molecule has 5 fully saturated rings. The number of aliphatic hydroxyl groups is 1. The van der Waals surface area contributed by atoms with E-state index in [1.54, 1.807) is 0 Å². The van der Waals surface area contributed by atoms with Gasteiger partial charge in [-0.2, -0.15) is 13.2 Å². The molecule has 0 amide bonds. The van der Waals surface area contributed by atoms with Gasteiger partial charge in [-0.1, -0.05) is 39.5 Å². The van der Waals surface area contributed by atoms with Crippen LogP contribution in [0.2, 0.25) is 0 Å². The normalized spacial score (nSPS) is 43.6. The van der Waals surface area contributed by atoms with Crippen LogP contribution < -0.4 is 16.0 Å². The Balaban J connectivity index is 1.18. The number of aliphatic hydroxyl groups excluding tert-OH is 1. The molecule has 0 radical (unpaired) electrons. The smallest absolute Gasteiger partial charge is 0.395 e. The van der Waals surface area contributed by atoms with Gasteiger partial charge in [-0.05, 0) is 74.7 Å². The Bertz CT molecular complexity index is 761. The van der Waals surface area contributed by atoms with Gasteiger partial charge in [0.05, 0.1) is 18.9 Å². The molecule has 2 aliphatic carbocycles. The summed E-state index contributed by atoms with van der Waals surface area (Å²) in [6.45, 7) is 7.78. The second-order valence-corrected chi connectivity index (χ2v) is 13.6. The third kappa shape index (κ3) is 6.23. The van der Waals surface area contributed by atoms with E-state index >= 15 is 0 Å². The second-order valence-electron chi connectivity index (χ2n) is 13.6. The predicted molar refractivity (Wildman–Crippen MR) is 144 cm³/mol. The largest absolute Gasteiger partial charge is 0.405 e. The summed E-state index contributed by atoms with van der Waals surface area (Å²) in [6.07, 6.45) is 6.81. The maximum atomic E-state index is 13.3. The molecule has 0 bridgehead atoms. The highest BCUT2D eigenvalue weighted by Gasteiger charge is 2.50. The molecule has 0 aromatic carbocycles. The van der Waals surface area contributed by atoms with Gasteiger partial charge in [0.15, 0.2) is 0 Å². The number of hydrogen-bond acceptors (Lipinski definition) is 6. The van der Waals surface area contributed by atoms with E-state index < -0.39 is 12.2 Å². The molecule has 0 aromatic heterocycles. The average Bonchev–Trinajstić information content (AvgIpc) is 3.45. The summed E-state index contributed by atoms with van der Waals surface area (Å²) in [4.78, 5) is 4.37. The Morgan fingerprint density at radius 1 is 0.974 bits per heavy atom. The molecule has 220 valence electrons. The number of likely N-dealkylation sites (N-methyl/N-ethyl adjacent to an activating group) is 1. The topological polar surface area (TPSA) is 62.8 Å². The van der Waals surface area contributed by atoms with Gasteiger partial charge in [0.1, 0.15) is 6.04 Å². The number of alkyl halides is 3. The van der Waals surface area contributed by atoms with Gasteiger partial charge < -0.3 is 10.4 Å². The summed E-state index contributed by atoms with van der Waals surface area (Å²) < 4.78 is 39.8. The van der Waals surface area contributed by atoms with E-state index in [0.29, 0.717) is 47.8 Å². The van der Waals surface area contributed by atoms with Gasteiger partial charge in [-0.3, -0.25) is 20.4 Å². The van der Waals surface area contributed by atoms with Gasteiger partial charge in [-0.25, -0.2) is 0 Å². The van der Waals surface area contributed by atoms with Crippen molar-refractivity contribution in [2.24, 2.45) is 35.5 Å². The van der Waals surface area contributed by atoms with E-state index in [1.165, 1.54) is 32.1 Å². The molecule has 6 nitrogen and oxygen atoms in total. The van der Waals surface area contributed by atoms with E-state index in [4.69, 9.17) is 0 Å². The van der Waals surface area contributed by atoms with Crippen LogP contribution in [0.1, 0.15) is 71.6 Å². The standard InChI is InChI=1S/C29H52F3N5O/c1-18(2)22-6-4-5-7-23(22)27-33-15-24-26(35-27)21(16-37(24)12-13-38)14-19-8-10-20(11-9-19)28-34-25(17-36(28)3)29(30,31)32/h18-28,33-35,38H,4-17H2,1-3H3. The molecule has 38 heavy (non-hydrogen) atoms. The Hall–Kier alpha value is -0.450. The van der Waals surface area contributed by atoms with Gasteiger partial charge in [0.25, 0.3) is 0 Å². The maximum Gasteiger partial charge on any atom is 0.405 e. The first-order valence-corrected chi connectivity index (χ1v) is 15.5. The van der Waals surface area contributed by atoms with Crippen LogP contribution >= 0.6 is 0 Å². The number of likely N-dealkylation sites (tertiary alicyclic amines) is 1. The highest BCUT2D eigenvalue weighted by molar-refractivity contribution is 5.05. The summed E-state index contributed by atoms with van der Waals surface area (Å²) in [5.74, 6) is 3.68. The molecule has 8 unspecified atom stereocenters. The predicted octanol–water partition coefficient (Wildman–Crippen LogP) is 3.62. The lowest BCUT2D eigenvalue weighted by atomic mass is 9.71. The average molecular weight is 544 g/mol. The van der Waals surface area contributed by atoms with E-state index in [9.17, 15) is 18.3 Å². The first-order chi connectivity index (χ1) is 18.2. The highest BCUT2D eigenvalue weighted by Crippen LogP contribution is 2.42. The minimum atomic E-state index is -4.17. The van der Waals surface area contributed by atoms with Gasteiger partial charge in [-0.15, -0.1) is 0 Å². The fraction of sp³-hybridized carbons (Fsp3) is 1.00. The van der Waals surface area contributed by atoms with Gasteiger partial charge in [0, 0.05) is 38.3 Å². The third-order valence-electron chi connectivity index (χ3n) is 11.0. The molecular weight excluding hydrogens is 491 g/mol. The fourth-order valence-corrected chi connectivity index (χ4v) is 9.07. The Morgan fingerprint density at radius 3 is 2.37 bits per heavy atom. The highest BCUT2D eigenvalue weighted by atomic mass is 19.4. The first kappa shape index (κ1) is 29.1. The van der Waals surface area contributed by atoms with Crippen molar-refractivity contribution in [3.8, 4) is 0 Å². The van der Waals surface area contributed by atoms with Crippen LogP contribution in [0.3, 0.4) is 0 Å². The second kappa shape index (κ2) is 12.2.